The summed E-state index contributed by atoms with van der Waals surface area (Å²) in [5, 5.41) is 0. The minimum atomic E-state index is 0.463. The Kier molecular flexibility index (Phi) is 4.74. The molecule has 1 heterocycles. The van der Waals surface area contributed by atoms with Gasteiger partial charge in [0.15, 0.2) is 0 Å². The summed E-state index contributed by atoms with van der Waals surface area (Å²) >= 11 is 0. The summed E-state index contributed by atoms with van der Waals surface area (Å²) < 4.78 is 10.8. The minimum Gasteiger partial charge on any atom is -0.478 e. The molecule has 0 radical (unpaired) electrons. The predicted octanol–water partition coefficient (Wildman–Crippen LogP) is 2.24. The number of hydrogen-bond acceptors (Lipinski definition) is 4. The van der Waals surface area contributed by atoms with Crippen LogP contribution in [0.15, 0.2) is 12.1 Å². The maximum Gasteiger partial charge on any atom is 0.240 e. The minimum absolute atomic E-state index is 0.463. The summed E-state index contributed by atoms with van der Waals surface area (Å²) in [7, 11) is 0. The lowest BCUT2D eigenvalue weighted by molar-refractivity contribution is 0.281. The topological polar surface area (TPSA) is 57.4 Å². The fourth-order valence-corrected chi connectivity index (χ4v) is 1.04. The van der Waals surface area contributed by atoms with Crippen LogP contribution in [0, 0.1) is 0 Å². The second kappa shape index (κ2) is 6.11. The van der Waals surface area contributed by atoms with Gasteiger partial charge in [0.2, 0.25) is 11.8 Å². The van der Waals surface area contributed by atoms with E-state index >= 15 is 0 Å². The molecule has 1 aromatic heterocycles. The van der Waals surface area contributed by atoms with Gasteiger partial charge < -0.3 is 15.2 Å². The van der Waals surface area contributed by atoms with Crippen molar-refractivity contribution in [3.05, 3.63) is 12.1 Å². The number of nitrogen functional groups attached to an aromatic ring is 1. The first-order chi connectivity index (χ1) is 7.27. The van der Waals surface area contributed by atoms with Crippen molar-refractivity contribution in [3.8, 4) is 11.8 Å². The van der Waals surface area contributed by atoms with Crippen LogP contribution in [0.5, 0.6) is 11.8 Å². The first-order valence-corrected chi connectivity index (χ1v) is 5.30. The Bertz CT molecular complexity index is 303. The summed E-state index contributed by atoms with van der Waals surface area (Å²) in [6, 6.07) is 3.51. The van der Waals surface area contributed by atoms with Crippen LogP contribution in [0.3, 0.4) is 0 Å². The van der Waals surface area contributed by atoms with Gasteiger partial charge in [0.25, 0.3) is 0 Å². The van der Waals surface area contributed by atoms with Gasteiger partial charge >= 0.3 is 0 Å². The van der Waals surface area contributed by atoms with Gasteiger partial charge in [-0.1, -0.05) is 13.8 Å². The number of aromatic nitrogens is 1. The van der Waals surface area contributed by atoms with E-state index in [2.05, 4.69) is 4.98 Å². The van der Waals surface area contributed by atoms with E-state index in [1.165, 1.54) is 0 Å². The molecule has 0 aromatic carbocycles. The molecular weight excluding hydrogens is 192 g/mol. The second-order valence-electron chi connectivity index (χ2n) is 3.24. The number of nitrogens with two attached hydrogens (primary N) is 1. The molecule has 0 aliphatic rings. The molecule has 1 rings (SSSR count). The zero-order valence-electron chi connectivity index (χ0n) is 9.32. The largest absolute Gasteiger partial charge is 0.478 e. The van der Waals surface area contributed by atoms with E-state index < -0.39 is 0 Å². The molecule has 0 saturated heterocycles. The molecule has 0 saturated carbocycles. The van der Waals surface area contributed by atoms with Gasteiger partial charge in [-0.05, 0) is 18.9 Å². The van der Waals surface area contributed by atoms with Crippen LogP contribution in [0.1, 0.15) is 26.7 Å². The fourth-order valence-electron chi connectivity index (χ4n) is 1.04. The maximum atomic E-state index is 5.72. The van der Waals surface area contributed by atoms with E-state index in [1.54, 1.807) is 12.1 Å². The Morgan fingerprint density at radius 1 is 1.13 bits per heavy atom. The summed E-state index contributed by atoms with van der Waals surface area (Å²) in [5.41, 5.74) is 6.26. The first kappa shape index (κ1) is 11.6. The molecule has 4 nitrogen and oxygen atoms in total. The molecular formula is C11H18N2O2. The van der Waals surface area contributed by atoms with Gasteiger partial charge in [0.05, 0.1) is 18.9 Å². The smallest absolute Gasteiger partial charge is 0.240 e. The van der Waals surface area contributed by atoms with Crippen molar-refractivity contribution in [3.63, 3.8) is 0 Å². The summed E-state index contributed by atoms with van der Waals surface area (Å²) in [6.45, 7) is 5.36. The van der Waals surface area contributed by atoms with Crippen LogP contribution in [0.4, 0.5) is 5.69 Å². The number of rotatable bonds is 6. The molecule has 0 atom stereocenters. The SMILES string of the molecule is CCCOc1ccc(N)c(OCCC)n1. The highest BCUT2D eigenvalue weighted by atomic mass is 16.5. The van der Waals surface area contributed by atoms with Crippen molar-refractivity contribution in [2.75, 3.05) is 18.9 Å². The first-order valence-electron chi connectivity index (χ1n) is 5.30. The van der Waals surface area contributed by atoms with Crippen LogP contribution < -0.4 is 15.2 Å². The molecule has 4 heteroatoms. The van der Waals surface area contributed by atoms with Crippen LogP contribution in [-0.4, -0.2) is 18.2 Å². The monoisotopic (exact) mass is 210 g/mol. The van der Waals surface area contributed by atoms with Gasteiger partial charge in [0, 0.05) is 6.07 Å². The number of ether oxygens (including phenoxy) is 2. The van der Waals surface area contributed by atoms with Crippen LogP contribution in [-0.2, 0) is 0 Å². The Morgan fingerprint density at radius 3 is 2.47 bits per heavy atom. The molecule has 0 spiro atoms. The molecule has 84 valence electrons. The molecule has 0 aliphatic heterocycles. The van der Waals surface area contributed by atoms with Crippen LogP contribution in [0.25, 0.3) is 0 Å². The average molecular weight is 210 g/mol. The van der Waals surface area contributed by atoms with E-state index in [0.29, 0.717) is 30.7 Å². The predicted molar refractivity (Wildman–Crippen MR) is 60.2 cm³/mol. The molecule has 2 N–H and O–H groups in total. The molecule has 1 aromatic rings. The lowest BCUT2D eigenvalue weighted by Gasteiger charge is -2.09. The highest BCUT2D eigenvalue weighted by Crippen LogP contribution is 2.22. The van der Waals surface area contributed by atoms with Crippen molar-refractivity contribution < 1.29 is 9.47 Å². The van der Waals surface area contributed by atoms with Gasteiger partial charge in [0.1, 0.15) is 0 Å². The second-order valence-corrected chi connectivity index (χ2v) is 3.24. The fraction of sp³-hybridized carbons (Fsp3) is 0.545. The van der Waals surface area contributed by atoms with Crippen molar-refractivity contribution in [1.29, 1.82) is 0 Å². The molecule has 0 bridgehead atoms. The number of nitrogens with zero attached hydrogens (tertiary/aromatic N) is 1. The third-order valence-corrected chi connectivity index (χ3v) is 1.76. The number of hydrogen-bond donors (Lipinski definition) is 1. The zero-order chi connectivity index (χ0) is 11.1. The van der Waals surface area contributed by atoms with E-state index in [4.69, 9.17) is 15.2 Å². The van der Waals surface area contributed by atoms with Gasteiger partial charge in [-0.25, -0.2) is 0 Å². The Labute approximate surface area is 90.4 Å². The maximum absolute atomic E-state index is 5.72. The number of anilines is 1. The molecule has 15 heavy (non-hydrogen) atoms. The molecule has 0 amide bonds. The van der Waals surface area contributed by atoms with E-state index in [9.17, 15) is 0 Å². The van der Waals surface area contributed by atoms with E-state index in [-0.39, 0.29) is 0 Å². The zero-order valence-corrected chi connectivity index (χ0v) is 9.32. The lowest BCUT2D eigenvalue weighted by atomic mass is 10.4. The van der Waals surface area contributed by atoms with Crippen molar-refractivity contribution in [2.45, 2.75) is 26.7 Å². The third kappa shape index (κ3) is 3.65. The normalized spacial score (nSPS) is 10.0. The summed E-state index contributed by atoms with van der Waals surface area (Å²) in [4.78, 5) is 4.18. The highest BCUT2D eigenvalue weighted by Gasteiger charge is 2.04. The lowest BCUT2D eigenvalue weighted by Crippen LogP contribution is -2.03. The molecule has 0 aliphatic carbocycles. The Balaban J connectivity index is 2.66. The number of pyridine rings is 1. The van der Waals surface area contributed by atoms with Crippen molar-refractivity contribution in [2.24, 2.45) is 0 Å². The quantitative estimate of drug-likeness (QED) is 0.782. The Hall–Kier alpha value is -1.45. The third-order valence-electron chi connectivity index (χ3n) is 1.76. The van der Waals surface area contributed by atoms with Gasteiger partial charge in [-0.15, -0.1) is 0 Å². The standard InChI is InChI=1S/C11H18N2O2/c1-3-7-14-10-6-5-9(12)11(13-10)15-8-4-2/h5-6H,3-4,7-8,12H2,1-2H3. The highest BCUT2D eigenvalue weighted by molar-refractivity contribution is 5.49. The van der Waals surface area contributed by atoms with Crippen molar-refractivity contribution >= 4 is 5.69 Å². The Morgan fingerprint density at radius 2 is 1.80 bits per heavy atom. The van der Waals surface area contributed by atoms with Gasteiger partial charge in [-0.3, -0.25) is 0 Å². The van der Waals surface area contributed by atoms with Crippen molar-refractivity contribution in [1.82, 2.24) is 4.98 Å². The van der Waals surface area contributed by atoms with Gasteiger partial charge in [-0.2, -0.15) is 4.98 Å². The molecule has 0 fully saturated rings. The summed E-state index contributed by atoms with van der Waals surface area (Å²) in [5.74, 6) is 1.03. The average Bonchev–Trinajstić information content (AvgIpc) is 2.26. The molecule has 0 unspecified atom stereocenters. The van der Waals surface area contributed by atoms with Crippen LogP contribution in [0.2, 0.25) is 0 Å². The summed E-state index contributed by atoms with van der Waals surface area (Å²) in [6.07, 6.45) is 1.89. The van der Waals surface area contributed by atoms with Crippen LogP contribution >= 0.6 is 0 Å². The van der Waals surface area contributed by atoms with E-state index in [1.807, 2.05) is 13.8 Å². The van der Waals surface area contributed by atoms with E-state index in [0.717, 1.165) is 12.8 Å².